The lowest BCUT2D eigenvalue weighted by molar-refractivity contribution is -0.163. The highest BCUT2D eigenvalue weighted by atomic mass is 19.1. The number of carbonyl (C=O) groups is 3. The topological polar surface area (TPSA) is 72.9 Å². The second-order valence-electron chi connectivity index (χ2n) is 4.66. The van der Waals surface area contributed by atoms with E-state index < -0.39 is 36.0 Å². The highest BCUT2D eigenvalue weighted by Crippen LogP contribution is 2.20. The van der Waals surface area contributed by atoms with Crippen molar-refractivity contribution in [2.24, 2.45) is 5.92 Å². The van der Waals surface area contributed by atoms with Gasteiger partial charge in [-0.15, -0.1) is 0 Å². The standard InChI is InChI=1S/C16H20FNO5/c1-4-22-15(20)11(16(21)23-5-2)10-14(19)18(3)13-9-7-6-8-12(13)17/h6-9,11H,4-5,10H2,1-3H3. The third kappa shape index (κ3) is 5.05. The Balaban J connectivity index is 2.89. The predicted octanol–water partition coefficient (Wildman–Crippen LogP) is 1.92. The number of para-hydroxylation sites is 1. The van der Waals surface area contributed by atoms with E-state index in [1.165, 1.54) is 25.2 Å². The van der Waals surface area contributed by atoms with E-state index in [1.54, 1.807) is 19.9 Å². The van der Waals surface area contributed by atoms with Crippen molar-refractivity contribution < 1.29 is 28.2 Å². The van der Waals surface area contributed by atoms with Gasteiger partial charge in [-0.1, -0.05) is 12.1 Å². The zero-order valence-electron chi connectivity index (χ0n) is 13.4. The number of rotatable bonds is 7. The molecule has 23 heavy (non-hydrogen) atoms. The van der Waals surface area contributed by atoms with E-state index in [0.29, 0.717) is 0 Å². The van der Waals surface area contributed by atoms with Gasteiger partial charge in [-0.05, 0) is 26.0 Å². The minimum absolute atomic E-state index is 0.0592. The number of amides is 1. The molecule has 0 radical (unpaired) electrons. The summed E-state index contributed by atoms with van der Waals surface area (Å²) < 4.78 is 23.3. The van der Waals surface area contributed by atoms with E-state index in [9.17, 15) is 18.8 Å². The van der Waals surface area contributed by atoms with Crippen LogP contribution >= 0.6 is 0 Å². The van der Waals surface area contributed by atoms with Crippen LogP contribution in [0.1, 0.15) is 20.3 Å². The molecule has 0 unspecified atom stereocenters. The number of esters is 2. The first-order chi connectivity index (χ1) is 10.9. The molecule has 0 spiro atoms. The highest BCUT2D eigenvalue weighted by Gasteiger charge is 2.33. The van der Waals surface area contributed by atoms with Crippen molar-refractivity contribution in [3.63, 3.8) is 0 Å². The summed E-state index contributed by atoms with van der Waals surface area (Å²) in [6.45, 7) is 3.33. The summed E-state index contributed by atoms with van der Waals surface area (Å²) >= 11 is 0. The SMILES string of the molecule is CCOC(=O)C(CC(=O)N(C)c1ccccc1F)C(=O)OCC. The van der Waals surface area contributed by atoms with E-state index in [2.05, 4.69) is 0 Å². The minimum Gasteiger partial charge on any atom is -0.465 e. The molecule has 0 atom stereocenters. The zero-order chi connectivity index (χ0) is 17.4. The van der Waals surface area contributed by atoms with Gasteiger partial charge in [0.25, 0.3) is 0 Å². The molecule has 1 aromatic rings. The van der Waals surface area contributed by atoms with Gasteiger partial charge in [0.15, 0.2) is 5.92 Å². The van der Waals surface area contributed by atoms with E-state index in [-0.39, 0.29) is 18.9 Å². The Hall–Kier alpha value is -2.44. The number of hydrogen-bond donors (Lipinski definition) is 0. The number of hydrogen-bond acceptors (Lipinski definition) is 5. The molecule has 1 amide bonds. The summed E-state index contributed by atoms with van der Waals surface area (Å²) in [5.41, 5.74) is 0.0592. The second kappa shape index (κ2) is 8.87. The number of benzene rings is 1. The molecular formula is C16H20FNO5. The Morgan fingerprint density at radius 1 is 1.09 bits per heavy atom. The van der Waals surface area contributed by atoms with Crippen LogP contribution in [0.3, 0.4) is 0 Å². The lowest BCUT2D eigenvalue weighted by Gasteiger charge is -2.20. The number of anilines is 1. The molecule has 0 aliphatic heterocycles. The molecule has 0 saturated heterocycles. The lowest BCUT2D eigenvalue weighted by Crippen LogP contribution is -2.35. The van der Waals surface area contributed by atoms with Crippen LogP contribution in [0.5, 0.6) is 0 Å². The third-order valence-corrected chi connectivity index (χ3v) is 3.11. The predicted molar refractivity (Wildman–Crippen MR) is 81.2 cm³/mol. The monoisotopic (exact) mass is 325 g/mol. The van der Waals surface area contributed by atoms with Crippen LogP contribution in [-0.4, -0.2) is 38.1 Å². The average Bonchev–Trinajstić information content (AvgIpc) is 2.52. The third-order valence-electron chi connectivity index (χ3n) is 3.11. The van der Waals surface area contributed by atoms with Crippen LogP contribution in [0.15, 0.2) is 24.3 Å². The van der Waals surface area contributed by atoms with Gasteiger partial charge in [0.2, 0.25) is 5.91 Å². The Bertz CT molecular complexity index is 557. The molecule has 0 aliphatic carbocycles. The molecule has 0 fully saturated rings. The molecule has 1 rings (SSSR count). The first kappa shape index (κ1) is 18.6. The largest absolute Gasteiger partial charge is 0.465 e. The maximum Gasteiger partial charge on any atom is 0.320 e. The van der Waals surface area contributed by atoms with Gasteiger partial charge in [-0.25, -0.2) is 4.39 Å². The molecule has 0 aromatic heterocycles. The molecule has 0 N–H and O–H groups in total. The van der Waals surface area contributed by atoms with Gasteiger partial charge in [0.05, 0.1) is 25.3 Å². The molecule has 126 valence electrons. The summed E-state index contributed by atoms with van der Waals surface area (Å²) in [5.74, 6) is -4.20. The maximum atomic E-state index is 13.7. The normalized spacial score (nSPS) is 10.3. The van der Waals surface area contributed by atoms with E-state index in [1.807, 2.05) is 0 Å². The van der Waals surface area contributed by atoms with Gasteiger partial charge >= 0.3 is 11.9 Å². The fourth-order valence-electron chi connectivity index (χ4n) is 1.92. The number of halogens is 1. The van der Waals surface area contributed by atoms with Crippen molar-refractivity contribution in [3.05, 3.63) is 30.1 Å². The Morgan fingerprint density at radius 2 is 1.61 bits per heavy atom. The van der Waals surface area contributed by atoms with Crippen molar-refractivity contribution in [2.75, 3.05) is 25.2 Å². The smallest absolute Gasteiger partial charge is 0.320 e. The zero-order valence-corrected chi connectivity index (χ0v) is 13.4. The van der Waals surface area contributed by atoms with Gasteiger partial charge in [0.1, 0.15) is 5.82 Å². The van der Waals surface area contributed by atoms with E-state index in [4.69, 9.17) is 9.47 Å². The molecule has 0 heterocycles. The minimum atomic E-state index is -1.36. The Labute approximate surface area is 134 Å². The molecule has 6 nitrogen and oxygen atoms in total. The molecule has 1 aromatic carbocycles. The van der Waals surface area contributed by atoms with Crippen LogP contribution in [0.25, 0.3) is 0 Å². The van der Waals surface area contributed by atoms with Gasteiger partial charge in [-0.3, -0.25) is 14.4 Å². The maximum absolute atomic E-state index is 13.7. The number of nitrogens with zero attached hydrogens (tertiary/aromatic N) is 1. The fraction of sp³-hybridized carbons (Fsp3) is 0.438. The second-order valence-corrected chi connectivity index (χ2v) is 4.66. The van der Waals surface area contributed by atoms with Crippen molar-refractivity contribution in [2.45, 2.75) is 20.3 Å². The fourth-order valence-corrected chi connectivity index (χ4v) is 1.92. The first-order valence-corrected chi connectivity index (χ1v) is 7.26. The van der Waals surface area contributed by atoms with Crippen molar-refractivity contribution in [1.29, 1.82) is 0 Å². The lowest BCUT2D eigenvalue weighted by atomic mass is 10.0. The highest BCUT2D eigenvalue weighted by molar-refractivity contribution is 6.02. The van der Waals surface area contributed by atoms with Crippen molar-refractivity contribution >= 4 is 23.5 Å². The number of ether oxygens (including phenoxy) is 2. The summed E-state index contributed by atoms with van der Waals surface area (Å²) in [7, 11) is 1.37. The quantitative estimate of drug-likeness (QED) is 0.566. The van der Waals surface area contributed by atoms with Crippen molar-refractivity contribution in [1.82, 2.24) is 0 Å². The number of carbonyl (C=O) groups excluding carboxylic acids is 3. The molecule has 0 aliphatic rings. The van der Waals surface area contributed by atoms with Crippen LogP contribution in [-0.2, 0) is 23.9 Å². The van der Waals surface area contributed by atoms with Gasteiger partial charge in [-0.2, -0.15) is 0 Å². The van der Waals surface area contributed by atoms with Crippen LogP contribution < -0.4 is 4.90 Å². The average molecular weight is 325 g/mol. The van der Waals surface area contributed by atoms with Gasteiger partial charge < -0.3 is 14.4 Å². The summed E-state index contributed by atoms with van der Waals surface area (Å²) in [4.78, 5) is 37.0. The molecular weight excluding hydrogens is 305 g/mol. The summed E-state index contributed by atoms with van der Waals surface area (Å²) in [6, 6.07) is 5.72. The van der Waals surface area contributed by atoms with E-state index in [0.717, 1.165) is 4.90 Å². The van der Waals surface area contributed by atoms with E-state index >= 15 is 0 Å². The van der Waals surface area contributed by atoms with Crippen LogP contribution in [0.4, 0.5) is 10.1 Å². The van der Waals surface area contributed by atoms with Crippen molar-refractivity contribution in [3.8, 4) is 0 Å². The molecule has 7 heteroatoms. The summed E-state index contributed by atoms with van der Waals surface area (Å²) in [5, 5.41) is 0. The summed E-state index contributed by atoms with van der Waals surface area (Å²) in [6.07, 6.45) is -0.456. The molecule has 0 bridgehead atoms. The Kier molecular flexibility index (Phi) is 7.18. The first-order valence-electron chi connectivity index (χ1n) is 7.26. The van der Waals surface area contributed by atoms with Crippen LogP contribution in [0.2, 0.25) is 0 Å². The van der Waals surface area contributed by atoms with Crippen LogP contribution in [0, 0.1) is 11.7 Å². The molecule has 0 saturated carbocycles. The van der Waals surface area contributed by atoms with Gasteiger partial charge in [0, 0.05) is 7.05 Å². The Morgan fingerprint density at radius 3 is 2.09 bits per heavy atom.